The van der Waals surface area contributed by atoms with Crippen LogP contribution in [0.1, 0.15) is 15.9 Å². The van der Waals surface area contributed by atoms with Crippen molar-refractivity contribution in [1.29, 1.82) is 0 Å². The molecule has 3 nitrogen and oxygen atoms in total. The number of aromatic carboxylic acids is 1. The molecule has 0 spiro atoms. The molecule has 0 bridgehead atoms. The van der Waals surface area contributed by atoms with Crippen molar-refractivity contribution in [2.45, 2.75) is 18.0 Å². The van der Waals surface area contributed by atoms with E-state index in [0.717, 1.165) is 0 Å². The maximum Gasteiger partial charge on any atom is 0.460 e. The van der Waals surface area contributed by atoms with Gasteiger partial charge in [0.25, 0.3) is 0 Å². The van der Waals surface area contributed by atoms with Crippen LogP contribution in [0.4, 0.5) is 30.7 Å². The van der Waals surface area contributed by atoms with Crippen LogP contribution in [0, 0.1) is 0 Å². The first-order valence-corrected chi connectivity index (χ1v) is 4.71. The number of carboxylic acid groups (broad SMARTS) is 1. The van der Waals surface area contributed by atoms with Crippen molar-refractivity contribution in [2.75, 3.05) is 0 Å². The molecular weight excluding hydrogens is 301 g/mol. The molecule has 20 heavy (non-hydrogen) atoms. The van der Waals surface area contributed by atoms with Gasteiger partial charge in [0.05, 0.1) is 0 Å². The highest BCUT2D eigenvalue weighted by Crippen LogP contribution is 2.52. The van der Waals surface area contributed by atoms with Crippen molar-refractivity contribution in [3.63, 3.8) is 0 Å². The molecule has 1 rings (SSSR count). The molecule has 0 saturated carbocycles. The molecule has 0 atom stereocenters. The molecule has 0 radical (unpaired) electrons. The molecule has 0 aliphatic carbocycles. The maximum atomic E-state index is 13.2. The molecule has 0 unspecified atom stereocenters. The summed E-state index contributed by atoms with van der Waals surface area (Å²) in [6.45, 7) is 0. The lowest BCUT2D eigenvalue weighted by molar-refractivity contribution is -0.359. The monoisotopic (exact) mass is 306 g/mol. The van der Waals surface area contributed by atoms with Crippen LogP contribution in [0.15, 0.2) is 18.2 Å². The third kappa shape index (κ3) is 2.37. The second kappa shape index (κ2) is 4.53. The first-order valence-electron chi connectivity index (χ1n) is 4.71. The minimum atomic E-state index is -6.52. The summed E-state index contributed by atoms with van der Waals surface area (Å²) < 4.78 is 87.7. The van der Waals surface area contributed by atoms with Crippen molar-refractivity contribution in [3.05, 3.63) is 29.3 Å². The van der Waals surface area contributed by atoms with Crippen molar-refractivity contribution >= 4 is 5.97 Å². The summed E-state index contributed by atoms with van der Waals surface area (Å²) in [6, 6.07) is 0.222. The maximum absolute atomic E-state index is 13.2. The summed E-state index contributed by atoms with van der Waals surface area (Å²) in [7, 11) is 0. The molecule has 2 N–H and O–H groups in total. The van der Waals surface area contributed by atoms with E-state index in [1.807, 2.05) is 0 Å². The molecule has 1 aromatic carbocycles. The van der Waals surface area contributed by atoms with Crippen LogP contribution in [-0.4, -0.2) is 28.3 Å². The van der Waals surface area contributed by atoms with E-state index in [9.17, 15) is 35.5 Å². The average molecular weight is 306 g/mol. The van der Waals surface area contributed by atoms with Gasteiger partial charge in [-0.05, 0) is 12.1 Å². The van der Waals surface area contributed by atoms with Crippen LogP contribution < -0.4 is 0 Å². The molecule has 0 amide bonds. The van der Waals surface area contributed by atoms with Gasteiger partial charge in [-0.15, -0.1) is 0 Å². The number of carboxylic acids is 1. The van der Waals surface area contributed by atoms with E-state index in [-0.39, 0.29) is 12.1 Å². The zero-order valence-corrected chi connectivity index (χ0v) is 9.18. The van der Waals surface area contributed by atoms with Gasteiger partial charge in [-0.1, -0.05) is 6.07 Å². The van der Waals surface area contributed by atoms with E-state index in [4.69, 9.17) is 10.2 Å². The molecule has 0 saturated heterocycles. The number of carbonyl (C=O) groups is 1. The van der Waals surface area contributed by atoms with Crippen LogP contribution in [0.5, 0.6) is 5.75 Å². The van der Waals surface area contributed by atoms with E-state index >= 15 is 0 Å². The van der Waals surface area contributed by atoms with Gasteiger partial charge in [-0.2, -0.15) is 30.7 Å². The SMILES string of the molecule is O=C(O)c1ccc(C(F)(F)C(F)(F)C(F)(F)F)cc1O. The smallest absolute Gasteiger partial charge is 0.460 e. The van der Waals surface area contributed by atoms with Gasteiger partial charge < -0.3 is 10.2 Å². The summed E-state index contributed by atoms with van der Waals surface area (Å²) in [6.07, 6.45) is -6.52. The molecule has 112 valence electrons. The zero-order valence-electron chi connectivity index (χ0n) is 9.18. The standard InChI is InChI=1S/C10H5F7O3/c11-8(12,9(13,14)10(15,16)17)4-1-2-5(7(19)20)6(18)3-4/h1-3,18H,(H,19,20). The number of benzene rings is 1. The van der Waals surface area contributed by atoms with Gasteiger partial charge in [0.1, 0.15) is 11.3 Å². The Morgan fingerprint density at radius 3 is 1.85 bits per heavy atom. The van der Waals surface area contributed by atoms with Crippen molar-refractivity contribution < 1.29 is 45.7 Å². The zero-order chi connectivity index (χ0) is 15.9. The number of alkyl halides is 7. The van der Waals surface area contributed by atoms with E-state index < -0.39 is 40.9 Å². The van der Waals surface area contributed by atoms with Gasteiger partial charge >= 0.3 is 24.0 Å². The highest BCUT2D eigenvalue weighted by Gasteiger charge is 2.73. The molecule has 0 heterocycles. The average Bonchev–Trinajstić information content (AvgIpc) is 2.26. The molecular formula is C10H5F7O3. The highest BCUT2D eigenvalue weighted by atomic mass is 19.4. The molecule has 1 aromatic rings. The third-order valence-electron chi connectivity index (χ3n) is 2.34. The first-order chi connectivity index (χ1) is 8.82. The van der Waals surface area contributed by atoms with Crippen LogP contribution in [0.2, 0.25) is 0 Å². The second-order valence-electron chi connectivity index (χ2n) is 3.68. The number of hydrogen-bond donors (Lipinski definition) is 2. The van der Waals surface area contributed by atoms with Gasteiger partial charge in [0.15, 0.2) is 0 Å². The van der Waals surface area contributed by atoms with Crippen LogP contribution in [0.3, 0.4) is 0 Å². The number of hydrogen-bond acceptors (Lipinski definition) is 2. The number of rotatable bonds is 3. The summed E-state index contributed by atoms with van der Waals surface area (Å²) in [5, 5.41) is 17.5. The Hall–Kier alpha value is -2.00. The molecule has 0 fully saturated rings. The Labute approximate surface area is 106 Å². The van der Waals surface area contributed by atoms with Crippen molar-refractivity contribution in [3.8, 4) is 5.75 Å². The summed E-state index contributed by atoms with van der Waals surface area (Å²) in [5.41, 5.74) is -2.78. The second-order valence-corrected chi connectivity index (χ2v) is 3.68. The predicted molar refractivity (Wildman–Crippen MR) is 50.0 cm³/mol. The topological polar surface area (TPSA) is 57.5 Å². The molecule has 10 heteroatoms. The van der Waals surface area contributed by atoms with E-state index in [1.54, 1.807) is 0 Å². The number of aromatic hydroxyl groups is 1. The Morgan fingerprint density at radius 2 is 1.50 bits per heavy atom. The first kappa shape index (κ1) is 16.1. The summed E-state index contributed by atoms with van der Waals surface area (Å²) in [4.78, 5) is 10.5. The summed E-state index contributed by atoms with van der Waals surface area (Å²) >= 11 is 0. The van der Waals surface area contributed by atoms with Gasteiger partial charge in [0.2, 0.25) is 0 Å². The van der Waals surface area contributed by atoms with Gasteiger partial charge in [-0.25, -0.2) is 4.79 Å². The Morgan fingerprint density at radius 1 is 1.00 bits per heavy atom. The minimum Gasteiger partial charge on any atom is -0.507 e. The Kier molecular flexibility index (Phi) is 3.64. The fourth-order valence-electron chi connectivity index (χ4n) is 1.27. The predicted octanol–water partition coefficient (Wildman–Crippen LogP) is 3.38. The summed E-state index contributed by atoms with van der Waals surface area (Å²) in [5.74, 6) is -15.2. The fourth-order valence-corrected chi connectivity index (χ4v) is 1.27. The largest absolute Gasteiger partial charge is 0.507 e. The van der Waals surface area contributed by atoms with Crippen LogP contribution in [-0.2, 0) is 5.92 Å². The van der Waals surface area contributed by atoms with Gasteiger partial charge in [-0.3, -0.25) is 0 Å². The highest BCUT2D eigenvalue weighted by molar-refractivity contribution is 5.90. The minimum absolute atomic E-state index is 0.0722. The Balaban J connectivity index is 3.37. The normalized spacial score (nSPS) is 13.3. The molecule has 0 aliphatic rings. The van der Waals surface area contributed by atoms with E-state index in [2.05, 4.69) is 0 Å². The molecule has 0 aliphatic heterocycles. The van der Waals surface area contributed by atoms with Crippen LogP contribution in [0.25, 0.3) is 0 Å². The lowest BCUT2D eigenvalue weighted by atomic mass is 9.99. The van der Waals surface area contributed by atoms with Gasteiger partial charge in [0, 0.05) is 5.56 Å². The number of phenols is 1. The van der Waals surface area contributed by atoms with Crippen molar-refractivity contribution in [2.24, 2.45) is 0 Å². The molecule has 0 aromatic heterocycles. The van der Waals surface area contributed by atoms with Crippen LogP contribution >= 0.6 is 0 Å². The van der Waals surface area contributed by atoms with Crippen molar-refractivity contribution in [1.82, 2.24) is 0 Å². The lowest BCUT2D eigenvalue weighted by Gasteiger charge is -2.28. The quantitative estimate of drug-likeness (QED) is 0.842. The third-order valence-corrected chi connectivity index (χ3v) is 2.34. The lowest BCUT2D eigenvalue weighted by Crippen LogP contribution is -2.50. The van der Waals surface area contributed by atoms with E-state index in [1.165, 1.54) is 0 Å². The van der Waals surface area contributed by atoms with E-state index in [0.29, 0.717) is 6.07 Å². The number of halogens is 7. The fraction of sp³-hybridized carbons (Fsp3) is 0.300. The Bertz CT molecular complexity index is 536.